The van der Waals surface area contributed by atoms with E-state index in [0.717, 1.165) is 12.0 Å². The summed E-state index contributed by atoms with van der Waals surface area (Å²) in [5.41, 5.74) is -1.20. The summed E-state index contributed by atoms with van der Waals surface area (Å²) < 4.78 is 41.2. The maximum absolute atomic E-state index is 13.1. The minimum Gasteiger partial charge on any atom is -0.305 e. The minimum atomic E-state index is -1.24. The highest BCUT2D eigenvalue weighted by Crippen LogP contribution is 2.33. The van der Waals surface area contributed by atoms with Crippen LogP contribution in [0.3, 0.4) is 0 Å². The monoisotopic (exact) mass is 453 g/mol. The molecule has 0 amide bonds. The molecule has 2 aromatic rings. The Hall–Kier alpha value is -0.630. The fraction of sp³-hybridized carbons (Fsp3) is 0.611. The SMILES string of the molecule is CC(C)(C)SN(P)CC1CCCCC1.O=c1[nH]c2ccc(F)c(F)c2n1SF. The number of hydrogen-bond acceptors (Lipinski definition) is 4. The molecule has 0 bridgehead atoms. The van der Waals surface area contributed by atoms with Crippen molar-refractivity contribution in [3.05, 3.63) is 34.3 Å². The Morgan fingerprint density at radius 2 is 1.89 bits per heavy atom. The number of nitrogens with one attached hydrogen (secondary N) is 1. The van der Waals surface area contributed by atoms with Gasteiger partial charge in [0.25, 0.3) is 0 Å². The van der Waals surface area contributed by atoms with Crippen molar-refractivity contribution in [2.45, 2.75) is 57.6 Å². The van der Waals surface area contributed by atoms with Crippen LogP contribution in [0.1, 0.15) is 52.9 Å². The third kappa shape index (κ3) is 6.71. The summed E-state index contributed by atoms with van der Waals surface area (Å²) in [5, 5.41) is 0. The van der Waals surface area contributed by atoms with Gasteiger partial charge in [-0.05, 0) is 51.7 Å². The van der Waals surface area contributed by atoms with Gasteiger partial charge in [0.05, 0.1) is 5.52 Å². The number of rotatable bonds is 4. The van der Waals surface area contributed by atoms with E-state index < -0.39 is 35.2 Å². The van der Waals surface area contributed by atoms with Crippen molar-refractivity contribution in [3.8, 4) is 0 Å². The van der Waals surface area contributed by atoms with E-state index >= 15 is 0 Å². The average Bonchev–Trinajstić information content (AvgIpc) is 2.94. The highest BCUT2D eigenvalue weighted by atomic mass is 32.2. The van der Waals surface area contributed by atoms with Gasteiger partial charge in [0, 0.05) is 11.3 Å². The van der Waals surface area contributed by atoms with Crippen LogP contribution in [0.5, 0.6) is 0 Å². The zero-order valence-corrected chi connectivity index (χ0v) is 19.1. The van der Waals surface area contributed by atoms with Crippen LogP contribution in [-0.2, 0) is 0 Å². The topological polar surface area (TPSA) is 41.0 Å². The van der Waals surface area contributed by atoms with Crippen LogP contribution in [-0.4, -0.2) is 24.3 Å². The molecule has 1 aliphatic carbocycles. The van der Waals surface area contributed by atoms with Gasteiger partial charge in [-0.25, -0.2) is 21.6 Å². The lowest BCUT2D eigenvalue weighted by molar-refractivity contribution is 0.336. The van der Waals surface area contributed by atoms with Gasteiger partial charge >= 0.3 is 5.69 Å². The van der Waals surface area contributed by atoms with Crippen LogP contribution in [0.15, 0.2) is 16.9 Å². The summed E-state index contributed by atoms with van der Waals surface area (Å²) in [7, 11) is 2.86. The summed E-state index contributed by atoms with van der Waals surface area (Å²) in [6.07, 6.45) is 7.23. The molecule has 28 heavy (non-hydrogen) atoms. The predicted octanol–water partition coefficient (Wildman–Crippen LogP) is 6.09. The van der Waals surface area contributed by atoms with Crippen molar-refractivity contribution in [2.24, 2.45) is 5.92 Å². The quantitative estimate of drug-likeness (QED) is 0.449. The third-order valence-electron chi connectivity index (χ3n) is 4.32. The summed E-state index contributed by atoms with van der Waals surface area (Å²) >= 11 is 1.47. The highest BCUT2D eigenvalue weighted by Gasteiger charge is 2.19. The van der Waals surface area contributed by atoms with E-state index in [9.17, 15) is 17.5 Å². The molecule has 1 N–H and O–H groups in total. The van der Waals surface area contributed by atoms with Gasteiger partial charge in [-0.3, -0.25) is 0 Å². The molecule has 1 heterocycles. The molecule has 1 unspecified atom stereocenters. The predicted molar refractivity (Wildman–Crippen MR) is 117 cm³/mol. The van der Waals surface area contributed by atoms with E-state index in [1.807, 2.05) is 11.9 Å². The molecule has 1 atom stereocenters. The van der Waals surface area contributed by atoms with E-state index in [4.69, 9.17) is 0 Å². The van der Waals surface area contributed by atoms with Gasteiger partial charge in [0.2, 0.25) is 0 Å². The van der Waals surface area contributed by atoms with Crippen molar-refractivity contribution in [1.82, 2.24) is 13.0 Å². The Labute approximate surface area is 174 Å². The van der Waals surface area contributed by atoms with Gasteiger partial charge in [-0.15, -0.1) is 3.89 Å². The summed E-state index contributed by atoms with van der Waals surface area (Å²) in [4.78, 5) is 13.2. The maximum atomic E-state index is 13.1. The first kappa shape index (κ1) is 23.6. The fourth-order valence-electron chi connectivity index (χ4n) is 3.19. The second kappa shape index (κ2) is 10.4. The molecular formula is C18H27F3N3OPS2. The largest absolute Gasteiger partial charge is 0.338 e. The molecule has 3 rings (SSSR count). The highest BCUT2D eigenvalue weighted by molar-refractivity contribution is 8.00. The normalized spacial score (nSPS) is 15.7. The molecule has 0 radical (unpaired) electrons. The Morgan fingerprint density at radius 3 is 2.46 bits per heavy atom. The van der Waals surface area contributed by atoms with E-state index in [1.54, 1.807) is 0 Å². The number of aromatic nitrogens is 2. The van der Waals surface area contributed by atoms with Gasteiger partial charge in [0.1, 0.15) is 5.52 Å². The number of fused-ring (bicyclic) bond motifs is 1. The number of benzene rings is 1. The molecule has 1 aliphatic rings. The standard InChI is InChI=1S/C11H24NPS.C7H3F3N2OS/c1-11(2,3)14-12(13)9-10-7-5-4-6-8-10;8-3-1-2-4-6(5(3)9)12(14-10)7(13)11-4/h10H,4-9,13H2,1-3H3;1-2H,(H,11,13). The Morgan fingerprint density at radius 1 is 1.25 bits per heavy atom. The number of aromatic amines is 1. The second-order valence-electron chi connectivity index (χ2n) is 7.86. The van der Waals surface area contributed by atoms with Crippen molar-refractivity contribution < 1.29 is 12.7 Å². The number of H-pyrrole nitrogens is 1. The number of halogens is 3. The number of imidazole rings is 1. The summed E-state index contributed by atoms with van der Waals surface area (Å²) in [6, 6.07) is 2.03. The molecule has 1 saturated carbocycles. The van der Waals surface area contributed by atoms with Crippen molar-refractivity contribution in [1.29, 1.82) is 0 Å². The first-order chi connectivity index (χ1) is 13.1. The molecule has 1 aromatic carbocycles. The molecule has 4 nitrogen and oxygen atoms in total. The van der Waals surface area contributed by atoms with Gasteiger partial charge < -0.3 is 4.98 Å². The Kier molecular flexibility index (Phi) is 8.80. The smallest absolute Gasteiger partial charge is 0.305 e. The lowest BCUT2D eigenvalue weighted by atomic mass is 9.89. The van der Waals surface area contributed by atoms with Gasteiger partial charge in [-0.2, -0.15) is 0 Å². The molecule has 0 aliphatic heterocycles. The van der Waals surface area contributed by atoms with Crippen LogP contribution < -0.4 is 5.69 Å². The van der Waals surface area contributed by atoms with Gasteiger partial charge in [-0.1, -0.05) is 40.6 Å². The summed E-state index contributed by atoms with van der Waals surface area (Å²) in [5.74, 6) is -1.43. The molecule has 1 fully saturated rings. The lowest BCUT2D eigenvalue weighted by Crippen LogP contribution is -2.22. The van der Waals surface area contributed by atoms with Crippen molar-refractivity contribution in [2.75, 3.05) is 6.54 Å². The average molecular weight is 454 g/mol. The molecule has 0 saturated heterocycles. The van der Waals surface area contributed by atoms with E-state index in [-0.39, 0.29) is 5.52 Å². The zero-order chi connectivity index (χ0) is 20.9. The summed E-state index contributed by atoms with van der Waals surface area (Å²) in [6.45, 7) is 8.06. The van der Waals surface area contributed by atoms with Crippen LogP contribution in [0, 0.1) is 17.6 Å². The van der Waals surface area contributed by atoms with E-state index in [0.29, 0.717) is 8.72 Å². The first-order valence-electron chi connectivity index (χ1n) is 9.21. The van der Waals surface area contributed by atoms with Gasteiger partial charge in [0.15, 0.2) is 24.0 Å². The molecule has 10 heteroatoms. The van der Waals surface area contributed by atoms with E-state index in [1.165, 1.54) is 44.7 Å². The molecule has 158 valence electrons. The van der Waals surface area contributed by atoms with Crippen LogP contribution in [0.25, 0.3) is 11.0 Å². The van der Waals surface area contributed by atoms with Crippen LogP contribution in [0.2, 0.25) is 0 Å². The Balaban J connectivity index is 0.000000200. The number of hydrogen-bond donors (Lipinski definition) is 1. The lowest BCUT2D eigenvalue weighted by Gasteiger charge is -2.30. The van der Waals surface area contributed by atoms with Crippen molar-refractivity contribution >= 4 is 44.7 Å². The Bertz CT molecular complexity index is 832. The number of nitrogens with zero attached hydrogens (tertiary/aromatic N) is 2. The third-order valence-corrected chi connectivity index (χ3v) is 6.27. The molecular weight excluding hydrogens is 426 g/mol. The molecule has 1 aromatic heterocycles. The van der Waals surface area contributed by atoms with Crippen LogP contribution >= 0.6 is 33.7 Å². The van der Waals surface area contributed by atoms with Crippen LogP contribution in [0.4, 0.5) is 12.7 Å². The minimum absolute atomic E-state index is 0.0547. The van der Waals surface area contributed by atoms with E-state index in [2.05, 4.69) is 39.2 Å². The second-order valence-corrected chi connectivity index (χ2v) is 11.2. The first-order valence-corrected chi connectivity index (χ1v) is 11.2. The maximum Gasteiger partial charge on any atom is 0.338 e. The zero-order valence-electron chi connectivity index (χ0n) is 16.3. The molecule has 0 spiro atoms. The van der Waals surface area contributed by atoms with Crippen molar-refractivity contribution in [3.63, 3.8) is 0 Å². The fourth-order valence-corrected chi connectivity index (χ4v) is 5.78.